The van der Waals surface area contributed by atoms with Crippen LogP contribution in [0.25, 0.3) is 0 Å². The van der Waals surface area contributed by atoms with Crippen LogP contribution in [-0.2, 0) is 0 Å². The number of hydrogen-bond acceptors (Lipinski definition) is 0. The van der Waals surface area contributed by atoms with Gasteiger partial charge in [-0.1, -0.05) is 102 Å². The van der Waals surface area contributed by atoms with Crippen LogP contribution in [0.1, 0.15) is 68.2 Å². The highest BCUT2D eigenvalue weighted by atomic mass is 27.2. The molecule has 0 N–H and O–H groups in total. The van der Waals surface area contributed by atoms with Crippen LogP contribution in [-0.4, -0.2) is 34.5 Å². The van der Waals surface area contributed by atoms with Gasteiger partial charge in [0.1, 0.15) is 0 Å². The molecule has 0 nitrogen and oxygen atoms in total. The Bertz CT molecular complexity index is 150. The lowest BCUT2D eigenvalue weighted by Gasteiger charge is -2.17. The van der Waals surface area contributed by atoms with Crippen molar-refractivity contribution in [2.45, 2.75) is 93.2 Å². The van der Waals surface area contributed by atoms with E-state index in [1.807, 2.05) is 0 Å². The Morgan fingerprint density at radius 3 is 1.40 bits per heavy atom. The molecule has 0 spiro atoms. The van der Waals surface area contributed by atoms with Crippen molar-refractivity contribution >= 4 is 34.5 Å². The van der Waals surface area contributed by atoms with Crippen LogP contribution in [0.15, 0.2) is 0 Å². The normalized spacial score (nSPS) is 10.6. The lowest BCUT2D eigenvalue weighted by atomic mass is 10.2. The molecular weight excluding hydrogens is 267 g/mol. The van der Waals surface area contributed by atoms with Gasteiger partial charge in [-0.2, -0.15) is 0 Å². The van der Waals surface area contributed by atoms with Crippen molar-refractivity contribution < 1.29 is 0 Å². The predicted molar refractivity (Wildman–Crippen MR) is 101 cm³/mol. The fraction of sp³-hybridized carbons (Fsp3) is 1.00. The first-order valence-electron chi connectivity index (χ1n) is 9.33. The molecule has 0 fully saturated rings. The van der Waals surface area contributed by atoms with Gasteiger partial charge in [0.2, 0.25) is 0 Å². The van der Waals surface area contributed by atoms with Crippen LogP contribution >= 0.6 is 0 Å². The molecule has 0 bridgehead atoms. The number of hydrogen-bond donors (Lipinski definition) is 0. The van der Waals surface area contributed by atoms with Crippen LogP contribution in [0.5, 0.6) is 0 Å². The van der Waals surface area contributed by atoms with Crippen molar-refractivity contribution in [3.8, 4) is 0 Å². The van der Waals surface area contributed by atoms with Crippen molar-refractivity contribution in [2.75, 3.05) is 0 Å². The molecule has 0 atom stereocenters. The van der Waals surface area contributed by atoms with Crippen LogP contribution in [0.3, 0.4) is 0 Å². The molecule has 0 saturated carbocycles. The van der Waals surface area contributed by atoms with Crippen LogP contribution < -0.4 is 0 Å². The summed E-state index contributed by atoms with van der Waals surface area (Å²) in [7, 11) is 0. The van der Waals surface area contributed by atoms with Crippen molar-refractivity contribution in [3.05, 3.63) is 0 Å². The van der Waals surface area contributed by atoms with Gasteiger partial charge in [0.05, 0.1) is 0 Å². The number of rotatable bonds is 10. The average molecular weight is 309 g/mol. The molecule has 0 unspecified atom stereocenters. The van der Waals surface area contributed by atoms with E-state index in [0.29, 0.717) is 20.4 Å². The quantitative estimate of drug-likeness (QED) is 0.307. The molecule has 0 aliphatic carbocycles. The van der Waals surface area contributed by atoms with E-state index in [9.17, 15) is 0 Å². The van der Waals surface area contributed by atoms with E-state index < -0.39 is 14.1 Å². The third kappa shape index (κ3) is 21.6. The van der Waals surface area contributed by atoms with Gasteiger partial charge in [-0.3, -0.25) is 0 Å². The highest BCUT2D eigenvalue weighted by Gasteiger charge is 2.20. The summed E-state index contributed by atoms with van der Waals surface area (Å²) in [6.07, 6.45) is 2.88. The maximum absolute atomic E-state index is 2.38. The Morgan fingerprint density at radius 2 is 1.15 bits per heavy atom. The zero-order valence-corrected chi connectivity index (χ0v) is 18.5. The zero-order valence-electron chi connectivity index (χ0n) is 16.0. The van der Waals surface area contributed by atoms with Crippen molar-refractivity contribution in [1.29, 1.82) is 0 Å². The zero-order chi connectivity index (χ0) is 16.0. The van der Waals surface area contributed by atoms with E-state index in [-0.39, 0.29) is 0 Å². The van der Waals surface area contributed by atoms with Crippen molar-refractivity contribution in [3.63, 3.8) is 0 Å². The van der Waals surface area contributed by atoms with Crippen LogP contribution in [0, 0.1) is 17.8 Å². The van der Waals surface area contributed by atoms with E-state index in [4.69, 9.17) is 0 Å². The first-order valence-corrected chi connectivity index (χ1v) is 13.8. The van der Waals surface area contributed by atoms with Gasteiger partial charge in [-0.05, 0) is 0 Å². The minimum absolute atomic E-state index is 0.407. The smallest absolute Gasteiger partial charge is 0.149 e. The van der Waals surface area contributed by atoms with Crippen molar-refractivity contribution in [2.24, 2.45) is 17.8 Å². The molecule has 0 aliphatic rings. The second kappa shape index (κ2) is 16.7. The first-order chi connectivity index (χ1) is 9.33. The molecule has 2 heteroatoms. The summed E-state index contributed by atoms with van der Waals surface area (Å²) in [6.45, 7) is 18.8. The highest BCUT2D eigenvalue weighted by molar-refractivity contribution is 6.58. The molecule has 0 saturated heterocycles. The van der Waals surface area contributed by atoms with Gasteiger partial charge in [0, 0.05) is 0 Å². The molecule has 0 rings (SSSR count). The Labute approximate surface area is 145 Å². The molecule has 0 aliphatic heterocycles. The number of unbranched alkanes of at least 4 members (excludes halogenated alkanes) is 1. The lowest BCUT2D eigenvalue weighted by Crippen LogP contribution is -2.19. The summed E-state index contributed by atoms with van der Waals surface area (Å²) < 4.78 is 3.08. The van der Waals surface area contributed by atoms with E-state index >= 15 is 0 Å². The van der Waals surface area contributed by atoms with E-state index in [0.717, 1.165) is 17.8 Å². The molecular formula is C18H41AlMg. The summed E-state index contributed by atoms with van der Waals surface area (Å²) in [6, 6.07) is 0. The minimum atomic E-state index is -0.407. The Morgan fingerprint density at radius 1 is 0.750 bits per heavy atom. The van der Waals surface area contributed by atoms with Crippen LogP contribution in [0.4, 0.5) is 0 Å². The molecule has 0 aromatic carbocycles. The van der Waals surface area contributed by atoms with Crippen LogP contribution in [0.2, 0.25) is 24.9 Å². The van der Waals surface area contributed by atoms with Gasteiger partial charge in [-0.25, -0.2) is 0 Å². The average Bonchev–Trinajstić information content (AvgIpc) is 2.27. The third-order valence-corrected chi connectivity index (χ3v) is 10.2. The molecule has 0 aromatic rings. The highest BCUT2D eigenvalue weighted by Crippen LogP contribution is 2.20. The van der Waals surface area contributed by atoms with Gasteiger partial charge >= 0.3 is 20.4 Å². The SMILES string of the molecule is CC(C)[CH2][Al]([CH2]C(C)C)[CH2]C(C)C.CCC[CH2][Mg][CH2]C. The van der Waals surface area contributed by atoms with Gasteiger partial charge < -0.3 is 0 Å². The lowest BCUT2D eigenvalue weighted by molar-refractivity contribution is 0.659. The molecule has 118 valence electrons. The maximum Gasteiger partial charge on any atom is 0.363 e. The molecule has 0 amide bonds. The van der Waals surface area contributed by atoms with E-state index in [1.54, 1.807) is 20.4 Å². The molecule has 0 radical (unpaired) electrons. The monoisotopic (exact) mass is 308 g/mol. The Balaban J connectivity index is 0. The minimum Gasteiger partial charge on any atom is -0.149 e. The third-order valence-electron chi connectivity index (χ3n) is 3.62. The summed E-state index contributed by atoms with van der Waals surface area (Å²) in [5.41, 5.74) is 0. The molecule has 0 aromatic heterocycles. The maximum atomic E-state index is 2.38. The first kappa shape index (κ1) is 23.6. The largest absolute Gasteiger partial charge is 0.363 e. The summed E-state index contributed by atoms with van der Waals surface area (Å²) >= 11 is 0.00330. The summed E-state index contributed by atoms with van der Waals surface area (Å²) in [5.74, 6) is 2.78. The topological polar surface area (TPSA) is 0 Å². The van der Waals surface area contributed by atoms with Gasteiger partial charge in [-0.15, -0.1) is 9.10 Å². The Hall–Kier alpha value is 1.30. The second-order valence-electron chi connectivity index (χ2n) is 7.82. The fourth-order valence-electron chi connectivity index (χ4n) is 2.97. The standard InChI is InChI=1S/4C4H9.C2H5.Al.Mg/c3*1-4(2)3;1-3-4-2;1-2;;/h3*4H,1H2,2-3H3;1,3-4H2,2H3;1H2,2H3;;. The summed E-state index contributed by atoms with van der Waals surface area (Å²) in [5, 5.41) is 4.66. The second-order valence-corrected chi connectivity index (χ2v) is 13.4. The Kier molecular flexibility index (Phi) is 19.6. The van der Waals surface area contributed by atoms with Gasteiger partial charge in [0.15, 0.2) is 0 Å². The van der Waals surface area contributed by atoms with Gasteiger partial charge in [0.25, 0.3) is 14.1 Å². The molecule has 0 heterocycles. The van der Waals surface area contributed by atoms with E-state index in [2.05, 4.69) is 55.4 Å². The molecule has 20 heavy (non-hydrogen) atoms. The van der Waals surface area contributed by atoms with Crippen molar-refractivity contribution in [1.82, 2.24) is 0 Å². The fourth-order valence-corrected chi connectivity index (χ4v) is 8.90. The van der Waals surface area contributed by atoms with E-state index in [1.165, 1.54) is 17.4 Å². The summed E-state index contributed by atoms with van der Waals surface area (Å²) in [4.78, 5) is 0. The predicted octanol–water partition coefficient (Wildman–Crippen LogP) is 6.80.